The first-order valence-corrected chi connectivity index (χ1v) is 12.1. The van der Waals surface area contributed by atoms with E-state index in [9.17, 15) is 8.42 Å². The zero-order valence-electron chi connectivity index (χ0n) is 17.3. The fourth-order valence-corrected chi connectivity index (χ4v) is 5.15. The van der Waals surface area contributed by atoms with Gasteiger partial charge in [0.05, 0.1) is 5.75 Å². The van der Waals surface area contributed by atoms with E-state index in [1.54, 1.807) is 0 Å². The Morgan fingerprint density at radius 3 is 2.43 bits per heavy atom. The Morgan fingerprint density at radius 2 is 1.67 bits per heavy atom. The summed E-state index contributed by atoms with van der Waals surface area (Å²) >= 11 is 0. The number of nitrogens with one attached hydrogen (secondary N) is 1. The highest BCUT2D eigenvalue weighted by Gasteiger charge is 2.16. The number of nitrogens with zero attached hydrogens (tertiary/aromatic N) is 1. The second kappa shape index (κ2) is 9.02. The summed E-state index contributed by atoms with van der Waals surface area (Å²) in [7, 11) is -3.33. The summed E-state index contributed by atoms with van der Waals surface area (Å²) in [6, 6.07) is 24.8. The zero-order valence-corrected chi connectivity index (χ0v) is 18.2. The maximum absolute atomic E-state index is 12.3. The lowest BCUT2D eigenvalue weighted by Gasteiger charge is -2.30. The fourth-order valence-electron chi connectivity index (χ4n) is 4.01. The second-order valence-electron chi connectivity index (χ2n) is 8.00. The van der Waals surface area contributed by atoms with Crippen LogP contribution in [-0.2, 0) is 35.2 Å². The van der Waals surface area contributed by atoms with Gasteiger partial charge in [-0.05, 0) is 54.2 Å². The van der Waals surface area contributed by atoms with Crippen LogP contribution < -0.4 is 9.62 Å². The van der Waals surface area contributed by atoms with Crippen LogP contribution in [0, 0.1) is 6.92 Å². The predicted molar refractivity (Wildman–Crippen MR) is 123 cm³/mol. The van der Waals surface area contributed by atoms with Crippen molar-refractivity contribution in [3.05, 3.63) is 101 Å². The lowest BCUT2D eigenvalue weighted by molar-refractivity contribution is 0.581. The lowest BCUT2D eigenvalue weighted by Crippen LogP contribution is -2.30. The van der Waals surface area contributed by atoms with Crippen molar-refractivity contribution in [3.63, 3.8) is 0 Å². The van der Waals surface area contributed by atoms with Crippen molar-refractivity contribution >= 4 is 15.7 Å². The first-order chi connectivity index (χ1) is 14.5. The van der Waals surface area contributed by atoms with E-state index in [1.165, 1.54) is 16.8 Å². The number of sulfonamides is 1. The van der Waals surface area contributed by atoms with Crippen LogP contribution in [0.3, 0.4) is 0 Å². The van der Waals surface area contributed by atoms with Gasteiger partial charge >= 0.3 is 0 Å². The molecule has 0 radical (unpaired) electrons. The molecule has 0 aromatic heterocycles. The lowest BCUT2D eigenvalue weighted by atomic mass is 9.99. The van der Waals surface area contributed by atoms with Gasteiger partial charge in [-0.25, -0.2) is 13.1 Å². The Labute approximate surface area is 179 Å². The fraction of sp³-hybridized carbons (Fsp3) is 0.280. The van der Waals surface area contributed by atoms with E-state index < -0.39 is 10.0 Å². The summed E-state index contributed by atoms with van der Waals surface area (Å²) in [4.78, 5) is 2.40. The van der Waals surface area contributed by atoms with Gasteiger partial charge in [-0.2, -0.15) is 0 Å². The van der Waals surface area contributed by atoms with Crippen LogP contribution in [0.25, 0.3) is 0 Å². The number of aryl methyl sites for hydroxylation is 1. The molecule has 4 rings (SSSR count). The standard InChI is InChI=1S/C25H28N2O2S/c1-20-5-4-6-22(17-20)19-30(28,29)26-15-13-21-9-11-25(12-10-21)27-16-14-23-7-2-3-8-24(23)18-27/h2-12,17,26H,13-16,18-19H2,1H3. The Bertz CT molecular complexity index is 1110. The number of hydrogen-bond donors (Lipinski definition) is 1. The quantitative estimate of drug-likeness (QED) is 0.623. The predicted octanol–water partition coefficient (Wildman–Crippen LogP) is 4.22. The number of fused-ring (bicyclic) bond motifs is 1. The summed E-state index contributed by atoms with van der Waals surface area (Å²) in [6.45, 7) is 4.34. The summed E-state index contributed by atoms with van der Waals surface area (Å²) < 4.78 is 27.4. The molecule has 0 saturated carbocycles. The van der Waals surface area contributed by atoms with Gasteiger partial charge < -0.3 is 4.90 Å². The van der Waals surface area contributed by atoms with Gasteiger partial charge in [0, 0.05) is 25.3 Å². The topological polar surface area (TPSA) is 49.4 Å². The van der Waals surface area contributed by atoms with Gasteiger partial charge in [-0.1, -0.05) is 66.2 Å². The average Bonchev–Trinajstić information content (AvgIpc) is 2.73. The van der Waals surface area contributed by atoms with Gasteiger partial charge in [0.2, 0.25) is 10.0 Å². The number of hydrogen-bond acceptors (Lipinski definition) is 3. The number of anilines is 1. The Morgan fingerprint density at radius 1 is 0.900 bits per heavy atom. The van der Waals surface area contributed by atoms with E-state index in [1.807, 2.05) is 31.2 Å². The average molecular weight is 421 g/mol. The molecule has 3 aromatic carbocycles. The van der Waals surface area contributed by atoms with Crippen molar-refractivity contribution < 1.29 is 8.42 Å². The third-order valence-electron chi connectivity index (χ3n) is 5.61. The van der Waals surface area contributed by atoms with Crippen LogP contribution in [0.2, 0.25) is 0 Å². The smallest absolute Gasteiger partial charge is 0.215 e. The molecule has 0 saturated heterocycles. The molecule has 156 valence electrons. The Balaban J connectivity index is 1.30. The minimum atomic E-state index is -3.33. The highest BCUT2D eigenvalue weighted by molar-refractivity contribution is 7.88. The van der Waals surface area contributed by atoms with Crippen molar-refractivity contribution in [2.24, 2.45) is 0 Å². The molecule has 5 heteroatoms. The van der Waals surface area contributed by atoms with Gasteiger partial charge in [0.1, 0.15) is 0 Å². The minimum Gasteiger partial charge on any atom is -0.367 e. The normalized spacial score (nSPS) is 13.8. The summed E-state index contributed by atoms with van der Waals surface area (Å²) in [5.74, 6) is 0.0179. The van der Waals surface area contributed by atoms with E-state index in [-0.39, 0.29) is 5.75 Å². The zero-order chi connectivity index (χ0) is 21.0. The Kier molecular flexibility index (Phi) is 6.21. The van der Waals surface area contributed by atoms with Gasteiger partial charge in [0.25, 0.3) is 0 Å². The SMILES string of the molecule is Cc1cccc(CS(=O)(=O)NCCc2ccc(N3CCc4ccccc4C3)cc2)c1. The van der Waals surface area contributed by atoms with Crippen LogP contribution in [0.1, 0.15) is 27.8 Å². The van der Waals surface area contributed by atoms with Crippen LogP contribution in [-0.4, -0.2) is 21.5 Å². The molecule has 1 aliphatic rings. The van der Waals surface area contributed by atoms with Crippen molar-refractivity contribution in [2.75, 3.05) is 18.0 Å². The molecular formula is C25H28N2O2S. The molecule has 0 fully saturated rings. The van der Waals surface area contributed by atoms with Crippen LogP contribution >= 0.6 is 0 Å². The minimum absolute atomic E-state index is 0.0179. The molecule has 30 heavy (non-hydrogen) atoms. The van der Waals surface area contributed by atoms with Crippen molar-refractivity contribution in [1.29, 1.82) is 0 Å². The number of rotatable bonds is 7. The van der Waals surface area contributed by atoms with Crippen molar-refractivity contribution in [1.82, 2.24) is 4.72 Å². The van der Waals surface area contributed by atoms with Gasteiger partial charge in [-0.3, -0.25) is 0 Å². The van der Waals surface area contributed by atoms with E-state index in [2.05, 4.69) is 58.2 Å². The van der Waals surface area contributed by atoms with Crippen LogP contribution in [0.15, 0.2) is 72.8 Å². The number of benzene rings is 3. The largest absolute Gasteiger partial charge is 0.367 e. The van der Waals surface area contributed by atoms with E-state index in [4.69, 9.17) is 0 Å². The molecule has 0 unspecified atom stereocenters. The third-order valence-corrected chi connectivity index (χ3v) is 6.96. The molecule has 4 nitrogen and oxygen atoms in total. The molecule has 0 aliphatic carbocycles. The molecule has 0 amide bonds. The maximum Gasteiger partial charge on any atom is 0.215 e. The maximum atomic E-state index is 12.3. The molecule has 0 atom stereocenters. The first-order valence-electron chi connectivity index (χ1n) is 10.4. The molecule has 1 N–H and O–H groups in total. The van der Waals surface area contributed by atoms with Gasteiger partial charge in [-0.15, -0.1) is 0 Å². The first kappa shape index (κ1) is 20.6. The molecular weight excluding hydrogens is 392 g/mol. The second-order valence-corrected chi connectivity index (χ2v) is 9.81. The van der Waals surface area contributed by atoms with Crippen molar-refractivity contribution in [2.45, 2.75) is 32.1 Å². The molecule has 1 heterocycles. The summed E-state index contributed by atoms with van der Waals surface area (Å²) in [6.07, 6.45) is 1.75. The molecule has 1 aliphatic heterocycles. The summed E-state index contributed by atoms with van der Waals surface area (Å²) in [5, 5.41) is 0. The highest BCUT2D eigenvalue weighted by atomic mass is 32.2. The van der Waals surface area contributed by atoms with Crippen LogP contribution in [0.5, 0.6) is 0 Å². The third kappa shape index (κ3) is 5.29. The monoisotopic (exact) mass is 420 g/mol. The van der Waals surface area contributed by atoms with Gasteiger partial charge in [0.15, 0.2) is 0 Å². The molecule has 3 aromatic rings. The summed E-state index contributed by atoms with van der Waals surface area (Å²) in [5.41, 5.74) is 7.08. The van der Waals surface area contributed by atoms with Crippen LogP contribution in [0.4, 0.5) is 5.69 Å². The molecule has 0 bridgehead atoms. The van der Waals surface area contributed by atoms with E-state index in [0.29, 0.717) is 13.0 Å². The van der Waals surface area contributed by atoms with E-state index >= 15 is 0 Å². The van der Waals surface area contributed by atoms with Crippen molar-refractivity contribution in [3.8, 4) is 0 Å². The molecule has 0 spiro atoms. The van der Waals surface area contributed by atoms with E-state index in [0.717, 1.165) is 36.2 Å². The Hall–Kier alpha value is -2.63. The highest BCUT2D eigenvalue weighted by Crippen LogP contribution is 2.24.